The lowest BCUT2D eigenvalue weighted by molar-refractivity contribution is -0.137. The van der Waals surface area contributed by atoms with Crippen LogP contribution in [-0.2, 0) is 9.59 Å². The normalized spacial score (nSPS) is 9.89. The molecule has 0 unspecified atom stereocenters. The van der Waals surface area contributed by atoms with Gasteiger partial charge in [-0.2, -0.15) is 0 Å². The Labute approximate surface area is 113 Å². The number of nitrogens with zero attached hydrogens (tertiary/aromatic N) is 1. The predicted molar refractivity (Wildman–Crippen MR) is 73.6 cm³/mol. The van der Waals surface area contributed by atoms with Crippen molar-refractivity contribution in [1.29, 1.82) is 0 Å². The highest BCUT2D eigenvalue weighted by Gasteiger charge is 2.01. The SMILES string of the molecule is NC(N)=NCCCCC(=O)NCCCCCC(=O)O. The lowest BCUT2D eigenvalue weighted by Gasteiger charge is -2.04. The molecule has 7 heteroatoms. The molecule has 0 aliphatic heterocycles. The van der Waals surface area contributed by atoms with Crippen molar-refractivity contribution < 1.29 is 14.7 Å². The van der Waals surface area contributed by atoms with Crippen LogP contribution in [0.4, 0.5) is 0 Å². The topological polar surface area (TPSA) is 131 Å². The Balaban J connectivity index is 3.30. The first-order chi connectivity index (χ1) is 9.02. The van der Waals surface area contributed by atoms with E-state index in [9.17, 15) is 9.59 Å². The van der Waals surface area contributed by atoms with Crippen molar-refractivity contribution in [2.24, 2.45) is 16.5 Å². The largest absolute Gasteiger partial charge is 0.481 e. The molecule has 0 aromatic rings. The summed E-state index contributed by atoms with van der Waals surface area (Å²) in [7, 11) is 0. The second kappa shape index (κ2) is 11.3. The number of aliphatic carboxylic acids is 1. The van der Waals surface area contributed by atoms with Gasteiger partial charge in [0, 0.05) is 25.9 Å². The zero-order valence-electron chi connectivity index (χ0n) is 11.2. The highest BCUT2D eigenvalue weighted by atomic mass is 16.4. The van der Waals surface area contributed by atoms with Crippen LogP contribution in [0.2, 0.25) is 0 Å². The Bertz CT molecular complexity index is 301. The lowest BCUT2D eigenvalue weighted by Crippen LogP contribution is -2.24. The Morgan fingerprint density at radius 3 is 2.32 bits per heavy atom. The van der Waals surface area contributed by atoms with Gasteiger partial charge in [-0.1, -0.05) is 6.42 Å². The molecular weight excluding hydrogens is 248 g/mol. The van der Waals surface area contributed by atoms with Gasteiger partial charge in [-0.15, -0.1) is 0 Å². The molecule has 0 saturated carbocycles. The molecule has 0 saturated heterocycles. The van der Waals surface area contributed by atoms with Crippen molar-refractivity contribution in [1.82, 2.24) is 5.32 Å². The van der Waals surface area contributed by atoms with Gasteiger partial charge in [0.1, 0.15) is 0 Å². The van der Waals surface area contributed by atoms with Crippen LogP contribution in [0.25, 0.3) is 0 Å². The van der Waals surface area contributed by atoms with Gasteiger partial charge in [0.2, 0.25) is 5.91 Å². The summed E-state index contributed by atoms with van der Waals surface area (Å²) in [4.78, 5) is 25.5. The first kappa shape index (κ1) is 17.2. The quantitative estimate of drug-likeness (QED) is 0.242. The smallest absolute Gasteiger partial charge is 0.303 e. The first-order valence-electron chi connectivity index (χ1n) is 6.56. The fourth-order valence-corrected chi connectivity index (χ4v) is 1.50. The maximum absolute atomic E-state index is 11.4. The molecule has 7 nitrogen and oxygen atoms in total. The third kappa shape index (κ3) is 14.1. The van der Waals surface area contributed by atoms with Gasteiger partial charge < -0.3 is 21.9 Å². The summed E-state index contributed by atoms with van der Waals surface area (Å²) < 4.78 is 0. The van der Waals surface area contributed by atoms with Crippen molar-refractivity contribution in [2.45, 2.75) is 44.9 Å². The average molecular weight is 272 g/mol. The molecule has 0 fully saturated rings. The van der Waals surface area contributed by atoms with Crippen LogP contribution in [0.5, 0.6) is 0 Å². The van der Waals surface area contributed by atoms with E-state index in [4.69, 9.17) is 16.6 Å². The summed E-state index contributed by atoms with van der Waals surface area (Å²) in [5, 5.41) is 11.2. The van der Waals surface area contributed by atoms with Gasteiger partial charge in [-0.05, 0) is 25.7 Å². The number of aliphatic imine (C=N–C) groups is 1. The van der Waals surface area contributed by atoms with Gasteiger partial charge >= 0.3 is 5.97 Å². The van der Waals surface area contributed by atoms with Crippen molar-refractivity contribution in [2.75, 3.05) is 13.1 Å². The Kier molecular flexibility index (Phi) is 10.2. The number of unbranched alkanes of at least 4 members (excludes halogenated alkanes) is 3. The van der Waals surface area contributed by atoms with Crippen LogP contribution in [-0.4, -0.2) is 36.0 Å². The highest BCUT2D eigenvalue weighted by molar-refractivity contribution is 5.76. The number of nitrogens with one attached hydrogen (secondary N) is 1. The van der Waals surface area contributed by atoms with Gasteiger partial charge in [0.15, 0.2) is 5.96 Å². The second-order valence-electron chi connectivity index (χ2n) is 4.32. The van der Waals surface area contributed by atoms with E-state index in [1.807, 2.05) is 0 Å². The number of hydrogen-bond acceptors (Lipinski definition) is 3. The van der Waals surface area contributed by atoms with E-state index in [1.165, 1.54) is 0 Å². The van der Waals surface area contributed by atoms with E-state index in [0.717, 1.165) is 25.7 Å². The minimum atomic E-state index is -0.773. The monoisotopic (exact) mass is 272 g/mol. The molecule has 0 aliphatic rings. The molecule has 19 heavy (non-hydrogen) atoms. The van der Waals surface area contributed by atoms with Crippen LogP contribution in [0.15, 0.2) is 4.99 Å². The van der Waals surface area contributed by atoms with Crippen molar-refractivity contribution >= 4 is 17.8 Å². The molecule has 0 rings (SSSR count). The third-order valence-corrected chi connectivity index (χ3v) is 2.50. The highest BCUT2D eigenvalue weighted by Crippen LogP contribution is 1.99. The van der Waals surface area contributed by atoms with E-state index in [2.05, 4.69) is 10.3 Å². The summed E-state index contributed by atoms with van der Waals surface area (Å²) in [6, 6.07) is 0. The standard InChI is InChI=1S/C12H24N4O3/c13-12(14)16-9-5-3-6-10(17)15-8-4-1-2-7-11(18)19/h1-9H2,(H,15,17)(H,18,19)(H4,13,14,16). The second-order valence-corrected chi connectivity index (χ2v) is 4.32. The molecule has 0 aromatic heterocycles. The minimum absolute atomic E-state index is 0.0166. The molecule has 110 valence electrons. The molecule has 0 atom stereocenters. The Hall–Kier alpha value is -1.79. The number of carbonyl (C=O) groups excluding carboxylic acids is 1. The number of carboxylic acids is 1. The summed E-state index contributed by atoms with van der Waals surface area (Å²) >= 11 is 0. The summed E-state index contributed by atoms with van der Waals surface area (Å²) in [6.45, 7) is 1.15. The molecule has 0 spiro atoms. The molecule has 0 heterocycles. The molecule has 0 radical (unpaired) electrons. The Morgan fingerprint density at radius 1 is 1.00 bits per heavy atom. The van der Waals surface area contributed by atoms with Gasteiger partial charge in [-0.25, -0.2) is 0 Å². The number of nitrogens with two attached hydrogens (primary N) is 2. The lowest BCUT2D eigenvalue weighted by atomic mass is 10.2. The van der Waals surface area contributed by atoms with Crippen molar-refractivity contribution in [3.05, 3.63) is 0 Å². The number of guanidine groups is 1. The number of hydrogen-bond donors (Lipinski definition) is 4. The van der Waals surface area contributed by atoms with E-state index >= 15 is 0 Å². The van der Waals surface area contributed by atoms with E-state index in [1.54, 1.807) is 0 Å². The third-order valence-electron chi connectivity index (χ3n) is 2.50. The van der Waals surface area contributed by atoms with Crippen molar-refractivity contribution in [3.8, 4) is 0 Å². The number of amides is 1. The summed E-state index contributed by atoms with van der Waals surface area (Å²) in [5.41, 5.74) is 10.3. The van der Waals surface area contributed by atoms with Crippen LogP contribution < -0.4 is 16.8 Å². The van der Waals surface area contributed by atoms with Gasteiger partial charge in [-0.3, -0.25) is 14.6 Å². The summed E-state index contributed by atoms with van der Waals surface area (Å²) in [6.07, 6.45) is 4.48. The molecule has 0 aromatic carbocycles. The fourth-order valence-electron chi connectivity index (χ4n) is 1.50. The van der Waals surface area contributed by atoms with Crippen LogP contribution in [0.1, 0.15) is 44.9 Å². The van der Waals surface area contributed by atoms with Crippen LogP contribution in [0, 0.1) is 0 Å². The van der Waals surface area contributed by atoms with E-state index in [-0.39, 0.29) is 18.3 Å². The maximum atomic E-state index is 11.4. The number of rotatable bonds is 11. The van der Waals surface area contributed by atoms with Crippen LogP contribution in [0.3, 0.4) is 0 Å². The fraction of sp³-hybridized carbons (Fsp3) is 0.750. The predicted octanol–water partition coefficient (Wildman–Crippen LogP) is 0.191. The van der Waals surface area contributed by atoms with Crippen molar-refractivity contribution in [3.63, 3.8) is 0 Å². The first-order valence-corrected chi connectivity index (χ1v) is 6.56. The zero-order chi connectivity index (χ0) is 14.5. The van der Waals surface area contributed by atoms with Crippen LogP contribution >= 0.6 is 0 Å². The maximum Gasteiger partial charge on any atom is 0.303 e. The van der Waals surface area contributed by atoms with Gasteiger partial charge in [0.25, 0.3) is 0 Å². The number of carboxylic acid groups (broad SMARTS) is 1. The van der Waals surface area contributed by atoms with E-state index < -0.39 is 5.97 Å². The molecule has 0 aliphatic carbocycles. The Morgan fingerprint density at radius 2 is 1.68 bits per heavy atom. The molecule has 0 bridgehead atoms. The summed E-state index contributed by atoms with van der Waals surface area (Å²) in [5.74, 6) is -0.682. The molecular formula is C12H24N4O3. The van der Waals surface area contributed by atoms with Gasteiger partial charge in [0.05, 0.1) is 0 Å². The number of carbonyl (C=O) groups is 2. The molecule has 6 N–H and O–H groups in total. The minimum Gasteiger partial charge on any atom is -0.481 e. The average Bonchev–Trinajstić information content (AvgIpc) is 2.32. The molecule has 1 amide bonds. The zero-order valence-corrected chi connectivity index (χ0v) is 11.2. The van der Waals surface area contributed by atoms with E-state index in [0.29, 0.717) is 25.9 Å².